The zero-order valence-electron chi connectivity index (χ0n) is 12.0. The van der Waals surface area contributed by atoms with Gasteiger partial charge in [0.2, 0.25) is 5.91 Å². The highest BCUT2D eigenvalue weighted by atomic mass is 16.2. The summed E-state index contributed by atoms with van der Waals surface area (Å²) in [6.45, 7) is 5.35. The van der Waals surface area contributed by atoms with Crippen molar-refractivity contribution in [1.29, 1.82) is 5.26 Å². The fraction of sp³-hybridized carbons (Fsp3) is 0.467. The summed E-state index contributed by atoms with van der Waals surface area (Å²) in [6.07, 6.45) is 0. The molecule has 1 saturated heterocycles. The topological polar surface area (TPSA) is 59.4 Å². The van der Waals surface area contributed by atoms with Crippen molar-refractivity contribution in [3.63, 3.8) is 0 Å². The lowest BCUT2D eigenvalue weighted by Gasteiger charge is -2.36. The lowest BCUT2D eigenvalue weighted by Crippen LogP contribution is -2.48. The first-order valence-electron chi connectivity index (χ1n) is 6.83. The Morgan fingerprint density at radius 3 is 2.60 bits per heavy atom. The van der Waals surface area contributed by atoms with Crippen molar-refractivity contribution in [1.82, 2.24) is 10.2 Å². The Hall–Kier alpha value is -2.06. The molecule has 0 aromatic heterocycles. The van der Waals surface area contributed by atoms with Crippen LogP contribution in [0, 0.1) is 11.3 Å². The third-order valence-electron chi connectivity index (χ3n) is 3.63. The minimum absolute atomic E-state index is 0.120. The standard InChI is InChI=1S/C15H20N4O/c1-12(20)18-5-7-19(8-6-18)15-4-3-13(11-17-2)9-14(15)10-16/h3-4,9,17H,5-8,11H2,1-2H3. The van der Waals surface area contributed by atoms with Crippen LogP contribution >= 0.6 is 0 Å². The van der Waals surface area contributed by atoms with Crippen LogP contribution in [0.2, 0.25) is 0 Å². The Labute approximate surface area is 119 Å². The first kappa shape index (κ1) is 14.4. The van der Waals surface area contributed by atoms with Gasteiger partial charge >= 0.3 is 0 Å². The number of carbonyl (C=O) groups excluding carboxylic acids is 1. The van der Waals surface area contributed by atoms with Crippen LogP contribution in [0.15, 0.2) is 18.2 Å². The van der Waals surface area contributed by atoms with Crippen molar-refractivity contribution in [3.8, 4) is 6.07 Å². The molecule has 1 fully saturated rings. The van der Waals surface area contributed by atoms with E-state index in [-0.39, 0.29) is 5.91 Å². The summed E-state index contributed by atoms with van der Waals surface area (Å²) >= 11 is 0. The maximum atomic E-state index is 11.3. The van der Waals surface area contributed by atoms with E-state index in [4.69, 9.17) is 0 Å². The Morgan fingerprint density at radius 1 is 1.35 bits per heavy atom. The predicted molar refractivity (Wildman–Crippen MR) is 78.4 cm³/mol. The highest BCUT2D eigenvalue weighted by Gasteiger charge is 2.20. The van der Waals surface area contributed by atoms with Gasteiger partial charge in [-0.05, 0) is 24.7 Å². The number of nitrogens with zero attached hydrogens (tertiary/aromatic N) is 3. The lowest BCUT2D eigenvalue weighted by atomic mass is 10.1. The first-order chi connectivity index (χ1) is 9.65. The molecular weight excluding hydrogens is 252 g/mol. The second kappa shape index (κ2) is 6.40. The number of amides is 1. The number of piperazine rings is 1. The van der Waals surface area contributed by atoms with Crippen LogP contribution in [0.4, 0.5) is 5.69 Å². The molecule has 5 nitrogen and oxygen atoms in total. The van der Waals surface area contributed by atoms with Crippen molar-refractivity contribution >= 4 is 11.6 Å². The van der Waals surface area contributed by atoms with E-state index >= 15 is 0 Å². The summed E-state index contributed by atoms with van der Waals surface area (Å²) in [4.78, 5) is 15.4. The number of nitrogens with one attached hydrogen (secondary N) is 1. The molecule has 0 bridgehead atoms. The van der Waals surface area contributed by atoms with E-state index in [0.717, 1.165) is 44.0 Å². The molecular formula is C15H20N4O. The molecule has 1 aliphatic heterocycles. The SMILES string of the molecule is CNCc1ccc(N2CCN(C(C)=O)CC2)c(C#N)c1. The number of hydrogen-bond acceptors (Lipinski definition) is 4. The molecule has 5 heteroatoms. The average molecular weight is 272 g/mol. The number of nitriles is 1. The normalized spacial score (nSPS) is 15.1. The van der Waals surface area contributed by atoms with Crippen molar-refractivity contribution in [2.75, 3.05) is 38.1 Å². The van der Waals surface area contributed by atoms with Gasteiger partial charge in [0.1, 0.15) is 6.07 Å². The Bertz CT molecular complexity index is 527. The summed E-state index contributed by atoms with van der Waals surface area (Å²) in [5.74, 6) is 0.120. The van der Waals surface area contributed by atoms with Crippen LogP contribution in [0.5, 0.6) is 0 Å². The first-order valence-corrected chi connectivity index (χ1v) is 6.83. The van der Waals surface area contributed by atoms with E-state index in [9.17, 15) is 10.1 Å². The molecule has 1 aromatic carbocycles. The Balaban J connectivity index is 2.14. The minimum atomic E-state index is 0.120. The van der Waals surface area contributed by atoms with Gasteiger partial charge in [-0.25, -0.2) is 0 Å². The van der Waals surface area contributed by atoms with Crippen molar-refractivity contribution in [3.05, 3.63) is 29.3 Å². The molecule has 0 unspecified atom stereocenters. The maximum absolute atomic E-state index is 11.3. The van der Waals surface area contributed by atoms with E-state index in [2.05, 4.69) is 16.3 Å². The summed E-state index contributed by atoms with van der Waals surface area (Å²) in [5, 5.41) is 12.4. The number of rotatable bonds is 3. The molecule has 0 saturated carbocycles. The molecule has 1 heterocycles. The molecule has 1 aromatic rings. The molecule has 0 atom stereocenters. The van der Waals surface area contributed by atoms with E-state index in [1.807, 2.05) is 30.1 Å². The molecule has 0 aliphatic carbocycles. The van der Waals surface area contributed by atoms with Gasteiger partial charge in [0, 0.05) is 39.6 Å². The average Bonchev–Trinajstić information content (AvgIpc) is 2.47. The zero-order valence-corrected chi connectivity index (χ0v) is 12.0. The second-order valence-corrected chi connectivity index (χ2v) is 4.99. The number of carbonyl (C=O) groups is 1. The number of anilines is 1. The number of benzene rings is 1. The minimum Gasteiger partial charge on any atom is -0.367 e. The van der Waals surface area contributed by atoms with Crippen LogP contribution in [0.3, 0.4) is 0 Å². The molecule has 2 rings (SSSR count). The van der Waals surface area contributed by atoms with Crippen LogP contribution in [0.1, 0.15) is 18.1 Å². The summed E-state index contributed by atoms with van der Waals surface area (Å²) in [7, 11) is 1.89. The molecule has 0 radical (unpaired) electrons. The van der Waals surface area contributed by atoms with Crippen molar-refractivity contribution < 1.29 is 4.79 Å². The third kappa shape index (κ3) is 3.09. The van der Waals surface area contributed by atoms with Gasteiger partial charge in [0.15, 0.2) is 0 Å². The molecule has 20 heavy (non-hydrogen) atoms. The maximum Gasteiger partial charge on any atom is 0.219 e. The van der Waals surface area contributed by atoms with Gasteiger partial charge in [-0.1, -0.05) is 6.07 Å². The van der Waals surface area contributed by atoms with Crippen LogP contribution in [-0.2, 0) is 11.3 Å². The highest BCUT2D eigenvalue weighted by molar-refractivity contribution is 5.73. The zero-order chi connectivity index (χ0) is 14.5. The van der Waals surface area contributed by atoms with Gasteiger partial charge in [0.25, 0.3) is 0 Å². The molecule has 0 spiro atoms. The summed E-state index contributed by atoms with van der Waals surface area (Å²) < 4.78 is 0. The van der Waals surface area contributed by atoms with Gasteiger partial charge < -0.3 is 15.1 Å². The van der Waals surface area contributed by atoms with Crippen LogP contribution in [0.25, 0.3) is 0 Å². The summed E-state index contributed by atoms with van der Waals surface area (Å²) in [5.41, 5.74) is 2.78. The van der Waals surface area contributed by atoms with E-state index in [1.54, 1.807) is 6.92 Å². The van der Waals surface area contributed by atoms with Crippen LogP contribution in [-0.4, -0.2) is 44.0 Å². The largest absolute Gasteiger partial charge is 0.367 e. The lowest BCUT2D eigenvalue weighted by molar-refractivity contribution is -0.129. The fourth-order valence-electron chi connectivity index (χ4n) is 2.52. The molecule has 1 N–H and O–H groups in total. The molecule has 1 aliphatic rings. The Morgan fingerprint density at radius 2 is 2.05 bits per heavy atom. The van der Waals surface area contributed by atoms with Gasteiger partial charge in [-0.15, -0.1) is 0 Å². The van der Waals surface area contributed by atoms with Gasteiger partial charge in [-0.2, -0.15) is 5.26 Å². The summed E-state index contributed by atoms with van der Waals surface area (Å²) in [6, 6.07) is 8.26. The van der Waals surface area contributed by atoms with E-state index in [1.165, 1.54) is 0 Å². The fourth-order valence-corrected chi connectivity index (χ4v) is 2.52. The second-order valence-electron chi connectivity index (χ2n) is 4.99. The van der Waals surface area contributed by atoms with Gasteiger partial charge in [0.05, 0.1) is 11.3 Å². The van der Waals surface area contributed by atoms with E-state index in [0.29, 0.717) is 5.56 Å². The van der Waals surface area contributed by atoms with Crippen molar-refractivity contribution in [2.45, 2.75) is 13.5 Å². The Kier molecular flexibility index (Phi) is 4.59. The van der Waals surface area contributed by atoms with E-state index < -0.39 is 0 Å². The highest BCUT2D eigenvalue weighted by Crippen LogP contribution is 2.23. The predicted octanol–water partition coefficient (Wildman–Crippen LogP) is 0.946. The van der Waals surface area contributed by atoms with Crippen molar-refractivity contribution in [2.24, 2.45) is 0 Å². The van der Waals surface area contributed by atoms with Crippen LogP contribution < -0.4 is 10.2 Å². The molecule has 1 amide bonds. The number of hydrogen-bond donors (Lipinski definition) is 1. The smallest absolute Gasteiger partial charge is 0.219 e. The van der Waals surface area contributed by atoms with Gasteiger partial charge in [-0.3, -0.25) is 4.79 Å². The quantitative estimate of drug-likeness (QED) is 0.890. The third-order valence-corrected chi connectivity index (χ3v) is 3.63. The molecule has 106 valence electrons. The monoisotopic (exact) mass is 272 g/mol.